The van der Waals surface area contributed by atoms with Crippen LogP contribution in [0.25, 0.3) is 0 Å². The minimum atomic E-state index is -3.28. The summed E-state index contributed by atoms with van der Waals surface area (Å²) < 4.78 is 26.5. The highest BCUT2D eigenvalue weighted by atomic mass is 32.2. The summed E-state index contributed by atoms with van der Waals surface area (Å²) in [4.78, 5) is 21.5. The molecule has 1 aromatic rings. The fourth-order valence-electron chi connectivity index (χ4n) is 4.78. The van der Waals surface area contributed by atoms with Crippen LogP contribution in [0.1, 0.15) is 107 Å². The summed E-state index contributed by atoms with van der Waals surface area (Å²) in [5.41, 5.74) is 0.639. The summed E-state index contributed by atoms with van der Waals surface area (Å²) in [5, 5.41) is 3.03. The summed E-state index contributed by atoms with van der Waals surface area (Å²) in [5.74, 6) is 0.931. The van der Waals surface area contributed by atoms with Crippen molar-refractivity contribution in [3.63, 3.8) is 0 Å². The van der Waals surface area contributed by atoms with Gasteiger partial charge in [-0.05, 0) is 32.0 Å². The molecule has 0 radical (unpaired) electrons. The van der Waals surface area contributed by atoms with E-state index >= 15 is 0 Å². The van der Waals surface area contributed by atoms with Gasteiger partial charge in [0.1, 0.15) is 5.82 Å². The molecule has 38 heavy (non-hydrogen) atoms. The van der Waals surface area contributed by atoms with E-state index in [-0.39, 0.29) is 5.91 Å². The van der Waals surface area contributed by atoms with Crippen molar-refractivity contribution in [3.05, 3.63) is 23.9 Å². The number of nitrogens with one attached hydrogen (secondary N) is 1. The summed E-state index contributed by atoms with van der Waals surface area (Å²) in [7, 11) is -1.14. The largest absolute Gasteiger partial charge is 0.354 e. The van der Waals surface area contributed by atoms with Crippen molar-refractivity contribution in [1.82, 2.24) is 15.2 Å². The Hall–Kier alpha value is -1.71. The molecule has 1 amide bonds. The van der Waals surface area contributed by atoms with Crippen LogP contribution in [0.4, 0.5) is 5.82 Å². The van der Waals surface area contributed by atoms with E-state index in [1.165, 1.54) is 70.6 Å². The number of likely N-dealkylation sites (N-methyl/N-ethyl adjacent to an activating group) is 1. The van der Waals surface area contributed by atoms with Crippen LogP contribution in [-0.2, 0) is 14.3 Å². The number of pyridine rings is 1. The number of carbonyl (C=O) groups excluding carboxylic acids is 1. The van der Waals surface area contributed by atoms with Gasteiger partial charge in [-0.2, -0.15) is 8.42 Å². The van der Waals surface area contributed by atoms with Gasteiger partial charge in [0.05, 0.1) is 18.4 Å². The van der Waals surface area contributed by atoms with E-state index in [4.69, 9.17) is 4.18 Å². The zero-order valence-corrected chi connectivity index (χ0v) is 24.8. The number of nitrogens with zero attached hydrogens (tertiary/aromatic N) is 3. The fourth-order valence-corrected chi connectivity index (χ4v) is 5.20. The smallest absolute Gasteiger partial charge is 0.264 e. The number of carbonyl (C=O) groups is 1. The fraction of sp³-hybridized carbons (Fsp3) is 0.793. The van der Waals surface area contributed by atoms with Crippen molar-refractivity contribution in [1.29, 1.82) is 0 Å². The second kappa shape index (κ2) is 19.4. The number of aromatic nitrogens is 1. The van der Waals surface area contributed by atoms with Crippen molar-refractivity contribution in [2.24, 2.45) is 0 Å². The van der Waals surface area contributed by atoms with Gasteiger partial charge in [0, 0.05) is 38.9 Å². The molecule has 0 bridgehead atoms. The Morgan fingerprint density at radius 1 is 0.816 bits per heavy atom. The van der Waals surface area contributed by atoms with E-state index in [0.717, 1.165) is 70.5 Å². The number of amides is 1. The van der Waals surface area contributed by atoms with Crippen LogP contribution in [0.3, 0.4) is 0 Å². The van der Waals surface area contributed by atoms with Crippen molar-refractivity contribution in [2.45, 2.75) is 96.3 Å². The molecule has 218 valence electrons. The molecule has 0 spiro atoms. The van der Waals surface area contributed by atoms with Crippen LogP contribution in [0, 0.1) is 0 Å². The Bertz CT molecular complexity index is 856. The number of unbranched alkanes of at least 4 members (excludes halogenated alkanes) is 14. The number of anilines is 1. The first-order valence-electron chi connectivity index (χ1n) is 14.9. The van der Waals surface area contributed by atoms with Gasteiger partial charge in [0.25, 0.3) is 16.0 Å². The van der Waals surface area contributed by atoms with Gasteiger partial charge in [-0.1, -0.05) is 83.5 Å². The van der Waals surface area contributed by atoms with Gasteiger partial charge in [-0.3, -0.25) is 8.98 Å². The third-order valence-corrected chi connectivity index (χ3v) is 7.84. The highest BCUT2D eigenvalue weighted by Crippen LogP contribution is 2.15. The first kappa shape index (κ1) is 32.5. The molecule has 1 fully saturated rings. The quantitative estimate of drug-likeness (QED) is 0.161. The molecule has 0 aromatic carbocycles. The van der Waals surface area contributed by atoms with E-state index in [0.29, 0.717) is 12.2 Å². The third kappa shape index (κ3) is 15.6. The third-order valence-electron chi connectivity index (χ3n) is 7.24. The normalized spacial score (nSPS) is 14.6. The number of rotatable bonds is 21. The van der Waals surface area contributed by atoms with Gasteiger partial charge in [0.2, 0.25) is 0 Å². The molecule has 1 N–H and O–H groups in total. The SMILES string of the molecule is CN1CCN(c2ccc(C(=O)NCCCCCCCCCCCCCCCCCOS(C)(=O)=O)cn2)CC1. The highest BCUT2D eigenvalue weighted by molar-refractivity contribution is 7.85. The van der Waals surface area contributed by atoms with E-state index in [1.807, 2.05) is 12.1 Å². The van der Waals surface area contributed by atoms with E-state index in [2.05, 4.69) is 27.1 Å². The Kier molecular flexibility index (Phi) is 16.6. The minimum absolute atomic E-state index is 0.0263. The standard InChI is InChI=1S/C29H52N4O4S/c1-32-21-23-33(24-22-32)28-19-18-27(26-31-28)29(34)30-20-16-14-12-10-8-6-4-3-5-7-9-11-13-15-17-25-37-38(2,35)36/h18-19,26H,3-17,20-25H2,1-2H3,(H,30,34). The molecular formula is C29H52N4O4S. The van der Waals surface area contributed by atoms with Crippen LogP contribution >= 0.6 is 0 Å². The Morgan fingerprint density at radius 2 is 1.32 bits per heavy atom. The second-order valence-electron chi connectivity index (χ2n) is 10.8. The molecule has 8 nitrogen and oxygen atoms in total. The summed E-state index contributed by atoms with van der Waals surface area (Å²) >= 11 is 0. The molecular weight excluding hydrogens is 500 g/mol. The summed E-state index contributed by atoms with van der Waals surface area (Å²) in [6.45, 7) is 5.09. The zero-order chi connectivity index (χ0) is 27.5. The molecule has 1 aliphatic heterocycles. The minimum Gasteiger partial charge on any atom is -0.354 e. The molecule has 0 atom stereocenters. The van der Waals surface area contributed by atoms with Gasteiger partial charge < -0.3 is 15.1 Å². The lowest BCUT2D eigenvalue weighted by Gasteiger charge is -2.33. The maximum Gasteiger partial charge on any atom is 0.264 e. The number of hydrogen-bond acceptors (Lipinski definition) is 7. The van der Waals surface area contributed by atoms with E-state index in [1.54, 1.807) is 6.20 Å². The maximum atomic E-state index is 12.4. The lowest BCUT2D eigenvalue weighted by atomic mass is 10.0. The molecule has 1 aliphatic rings. The van der Waals surface area contributed by atoms with Crippen LogP contribution in [0.5, 0.6) is 0 Å². The molecule has 0 aliphatic carbocycles. The molecule has 0 saturated carbocycles. The summed E-state index contributed by atoms with van der Waals surface area (Å²) in [6, 6.07) is 3.85. The molecule has 0 unspecified atom stereocenters. The Balaban J connectivity index is 1.33. The van der Waals surface area contributed by atoms with Gasteiger partial charge in [-0.15, -0.1) is 0 Å². The first-order chi connectivity index (χ1) is 18.3. The van der Waals surface area contributed by atoms with Crippen molar-refractivity contribution in [2.75, 3.05) is 57.5 Å². The van der Waals surface area contributed by atoms with Crippen LogP contribution in [-0.4, -0.2) is 76.8 Å². The Morgan fingerprint density at radius 3 is 1.79 bits per heavy atom. The van der Waals surface area contributed by atoms with Crippen molar-refractivity contribution < 1.29 is 17.4 Å². The first-order valence-corrected chi connectivity index (χ1v) is 16.7. The van der Waals surface area contributed by atoms with E-state index < -0.39 is 10.1 Å². The average Bonchev–Trinajstić information content (AvgIpc) is 2.90. The predicted molar refractivity (Wildman–Crippen MR) is 156 cm³/mol. The van der Waals surface area contributed by atoms with Crippen LogP contribution in [0.2, 0.25) is 0 Å². The van der Waals surface area contributed by atoms with Crippen LogP contribution in [0.15, 0.2) is 18.3 Å². The Labute approximate surface area is 232 Å². The number of piperazine rings is 1. The molecule has 1 aromatic heterocycles. The van der Waals surface area contributed by atoms with E-state index in [9.17, 15) is 13.2 Å². The highest BCUT2D eigenvalue weighted by Gasteiger charge is 2.15. The molecule has 2 rings (SSSR count). The number of hydrogen-bond donors (Lipinski definition) is 1. The van der Waals surface area contributed by atoms with Gasteiger partial charge in [-0.25, -0.2) is 4.98 Å². The molecule has 1 saturated heterocycles. The predicted octanol–water partition coefficient (Wildman–Crippen LogP) is 5.39. The lowest BCUT2D eigenvalue weighted by molar-refractivity contribution is 0.0952. The lowest BCUT2D eigenvalue weighted by Crippen LogP contribution is -2.44. The van der Waals surface area contributed by atoms with Gasteiger partial charge >= 0.3 is 0 Å². The van der Waals surface area contributed by atoms with Gasteiger partial charge in [0.15, 0.2) is 0 Å². The maximum absolute atomic E-state index is 12.4. The van der Waals surface area contributed by atoms with Crippen molar-refractivity contribution >= 4 is 21.8 Å². The second-order valence-corrected chi connectivity index (χ2v) is 12.4. The average molecular weight is 553 g/mol. The van der Waals surface area contributed by atoms with Crippen molar-refractivity contribution in [3.8, 4) is 0 Å². The summed E-state index contributed by atoms with van der Waals surface area (Å²) in [6.07, 6.45) is 21.0. The zero-order valence-electron chi connectivity index (χ0n) is 24.0. The topological polar surface area (TPSA) is 91.8 Å². The van der Waals surface area contributed by atoms with Crippen LogP contribution < -0.4 is 10.2 Å². The molecule has 2 heterocycles. The molecule has 9 heteroatoms. The monoisotopic (exact) mass is 552 g/mol.